The minimum Gasteiger partial charge on any atom is -0.508 e. The molecule has 0 aliphatic rings. The molecule has 7 heteroatoms. The van der Waals surface area contributed by atoms with Crippen LogP contribution in [0.25, 0.3) is 0 Å². The number of phenolic OH excluding ortho intramolecular Hbond substituents is 1. The Morgan fingerprint density at radius 1 is 1.39 bits per heavy atom. The average molecular weight is 262 g/mol. The third-order valence-corrected chi connectivity index (χ3v) is 2.49. The van der Waals surface area contributed by atoms with Gasteiger partial charge in [0.05, 0.1) is 0 Å². The lowest BCUT2D eigenvalue weighted by Gasteiger charge is -2.26. The monoisotopic (exact) mass is 262 g/mol. The molecule has 0 spiro atoms. The molecule has 0 radical (unpaired) electrons. The SMILES string of the molecule is CC(N)(C(=O)NCc1ccccc1O)C(F)(F)F. The minimum atomic E-state index is -4.84. The lowest BCUT2D eigenvalue weighted by Crippen LogP contribution is -2.61. The van der Waals surface area contributed by atoms with Gasteiger partial charge in [0.2, 0.25) is 5.91 Å². The molecule has 4 nitrogen and oxygen atoms in total. The number of carbonyl (C=O) groups is 1. The molecular formula is C11H13F3N2O2. The molecule has 0 aliphatic carbocycles. The van der Waals surface area contributed by atoms with Gasteiger partial charge in [-0.2, -0.15) is 13.2 Å². The first kappa shape index (κ1) is 14.3. The normalized spacial score (nSPS) is 14.9. The lowest BCUT2D eigenvalue weighted by molar-refractivity contribution is -0.187. The van der Waals surface area contributed by atoms with Crippen molar-refractivity contribution in [2.45, 2.75) is 25.2 Å². The quantitative estimate of drug-likeness (QED) is 0.768. The number of amides is 1. The van der Waals surface area contributed by atoms with Crippen molar-refractivity contribution < 1.29 is 23.1 Å². The number of nitrogens with two attached hydrogens (primary N) is 1. The Bertz CT molecular complexity index is 444. The molecule has 100 valence electrons. The lowest BCUT2D eigenvalue weighted by atomic mass is 10.0. The Morgan fingerprint density at radius 3 is 2.44 bits per heavy atom. The molecule has 0 heterocycles. The van der Waals surface area contributed by atoms with E-state index in [-0.39, 0.29) is 12.3 Å². The van der Waals surface area contributed by atoms with E-state index in [2.05, 4.69) is 0 Å². The second-order valence-corrected chi connectivity index (χ2v) is 4.01. The van der Waals surface area contributed by atoms with Crippen LogP contribution in [-0.2, 0) is 11.3 Å². The Kier molecular flexibility index (Phi) is 3.85. The maximum Gasteiger partial charge on any atom is 0.415 e. The van der Waals surface area contributed by atoms with Crippen molar-refractivity contribution in [3.05, 3.63) is 29.8 Å². The van der Waals surface area contributed by atoms with Crippen LogP contribution in [0, 0.1) is 0 Å². The topological polar surface area (TPSA) is 75.4 Å². The van der Waals surface area contributed by atoms with Crippen LogP contribution in [0.4, 0.5) is 13.2 Å². The summed E-state index contributed by atoms with van der Waals surface area (Å²) in [5.41, 5.74) is 2.29. The highest BCUT2D eigenvalue weighted by atomic mass is 19.4. The van der Waals surface area contributed by atoms with E-state index in [1.807, 2.05) is 5.32 Å². The molecule has 0 saturated carbocycles. The molecule has 1 unspecified atom stereocenters. The summed E-state index contributed by atoms with van der Waals surface area (Å²) in [6.07, 6.45) is -4.84. The zero-order chi connectivity index (χ0) is 14.0. The number of rotatable bonds is 3. The fourth-order valence-electron chi connectivity index (χ4n) is 1.15. The van der Waals surface area contributed by atoms with Gasteiger partial charge in [-0.05, 0) is 13.0 Å². The number of aromatic hydroxyl groups is 1. The van der Waals surface area contributed by atoms with Crippen LogP contribution < -0.4 is 11.1 Å². The van der Waals surface area contributed by atoms with Crippen LogP contribution in [-0.4, -0.2) is 22.7 Å². The number of halogens is 3. The van der Waals surface area contributed by atoms with E-state index >= 15 is 0 Å². The second-order valence-electron chi connectivity index (χ2n) is 4.01. The smallest absolute Gasteiger partial charge is 0.415 e. The van der Waals surface area contributed by atoms with Crippen molar-refractivity contribution in [1.82, 2.24) is 5.32 Å². The Hall–Kier alpha value is -1.76. The highest BCUT2D eigenvalue weighted by Gasteiger charge is 2.53. The van der Waals surface area contributed by atoms with E-state index in [9.17, 15) is 23.1 Å². The molecule has 0 fully saturated rings. The van der Waals surface area contributed by atoms with Gasteiger partial charge in [0.15, 0.2) is 5.54 Å². The van der Waals surface area contributed by atoms with Crippen LogP contribution in [0.1, 0.15) is 12.5 Å². The summed E-state index contributed by atoms with van der Waals surface area (Å²) in [6.45, 7) is 0.363. The number of hydrogen-bond donors (Lipinski definition) is 3. The molecule has 1 aromatic carbocycles. The van der Waals surface area contributed by atoms with Gasteiger partial charge >= 0.3 is 6.18 Å². The number of hydrogen-bond acceptors (Lipinski definition) is 3. The van der Waals surface area contributed by atoms with Crippen molar-refractivity contribution in [2.24, 2.45) is 5.73 Å². The number of alkyl halides is 3. The molecule has 0 saturated heterocycles. The number of carbonyl (C=O) groups excluding carboxylic acids is 1. The Labute approximate surface area is 102 Å². The third kappa shape index (κ3) is 2.92. The Balaban J connectivity index is 2.71. The van der Waals surface area contributed by atoms with Crippen molar-refractivity contribution in [2.75, 3.05) is 0 Å². The van der Waals surface area contributed by atoms with Crippen LogP contribution in [0.15, 0.2) is 24.3 Å². The van der Waals surface area contributed by atoms with E-state index in [1.54, 1.807) is 12.1 Å². The van der Waals surface area contributed by atoms with Crippen molar-refractivity contribution in [3.63, 3.8) is 0 Å². The van der Waals surface area contributed by atoms with Gasteiger partial charge < -0.3 is 16.2 Å². The zero-order valence-corrected chi connectivity index (χ0v) is 9.58. The van der Waals surface area contributed by atoms with Gasteiger partial charge in [-0.15, -0.1) is 0 Å². The highest BCUT2D eigenvalue weighted by Crippen LogP contribution is 2.28. The minimum absolute atomic E-state index is 0.108. The molecule has 1 aromatic rings. The van der Waals surface area contributed by atoms with Crippen molar-refractivity contribution >= 4 is 5.91 Å². The van der Waals surface area contributed by atoms with E-state index in [0.717, 1.165) is 0 Å². The number of para-hydroxylation sites is 1. The van der Waals surface area contributed by atoms with Crippen LogP contribution >= 0.6 is 0 Å². The maximum atomic E-state index is 12.5. The van der Waals surface area contributed by atoms with Crippen LogP contribution in [0.5, 0.6) is 5.75 Å². The first-order valence-corrected chi connectivity index (χ1v) is 5.07. The summed E-state index contributed by atoms with van der Waals surface area (Å²) in [6, 6.07) is 6.00. The molecule has 4 N–H and O–H groups in total. The van der Waals surface area contributed by atoms with Crippen LogP contribution in [0.2, 0.25) is 0 Å². The van der Waals surface area contributed by atoms with Crippen molar-refractivity contribution in [1.29, 1.82) is 0 Å². The summed E-state index contributed by atoms with van der Waals surface area (Å²) in [5, 5.41) is 11.4. The van der Waals surface area contributed by atoms with Gasteiger partial charge in [0.1, 0.15) is 5.75 Å². The molecule has 1 atom stereocenters. The number of benzene rings is 1. The fraction of sp³-hybridized carbons (Fsp3) is 0.364. The van der Waals surface area contributed by atoms with Gasteiger partial charge in [-0.3, -0.25) is 4.79 Å². The second kappa shape index (κ2) is 4.85. The summed E-state index contributed by atoms with van der Waals surface area (Å²) in [4.78, 5) is 11.4. The Morgan fingerprint density at radius 2 is 1.94 bits per heavy atom. The predicted octanol–water partition coefficient (Wildman–Crippen LogP) is 1.29. The first-order valence-electron chi connectivity index (χ1n) is 5.07. The summed E-state index contributed by atoms with van der Waals surface area (Å²) in [7, 11) is 0. The zero-order valence-electron chi connectivity index (χ0n) is 9.58. The standard InChI is InChI=1S/C11H13F3N2O2/c1-10(15,11(12,13)14)9(18)16-6-7-4-2-3-5-8(7)17/h2-5,17H,6,15H2,1H3,(H,16,18). The highest BCUT2D eigenvalue weighted by molar-refractivity contribution is 5.86. The number of phenols is 1. The van der Waals surface area contributed by atoms with E-state index in [0.29, 0.717) is 12.5 Å². The largest absolute Gasteiger partial charge is 0.508 e. The molecule has 0 bridgehead atoms. The molecule has 0 aromatic heterocycles. The molecule has 1 amide bonds. The van der Waals surface area contributed by atoms with Gasteiger partial charge in [0.25, 0.3) is 0 Å². The van der Waals surface area contributed by atoms with E-state index in [4.69, 9.17) is 5.73 Å². The van der Waals surface area contributed by atoms with Gasteiger partial charge in [-0.1, -0.05) is 18.2 Å². The predicted molar refractivity (Wildman–Crippen MR) is 58.6 cm³/mol. The fourth-order valence-corrected chi connectivity index (χ4v) is 1.15. The molecule has 18 heavy (non-hydrogen) atoms. The average Bonchev–Trinajstić information content (AvgIpc) is 2.26. The molecule has 1 rings (SSSR count). The van der Waals surface area contributed by atoms with E-state index < -0.39 is 17.6 Å². The molecule has 0 aliphatic heterocycles. The van der Waals surface area contributed by atoms with Gasteiger partial charge in [-0.25, -0.2) is 0 Å². The summed E-state index contributed by atoms with van der Waals surface area (Å²) < 4.78 is 37.4. The van der Waals surface area contributed by atoms with E-state index in [1.165, 1.54) is 12.1 Å². The first-order chi connectivity index (χ1) is 8.16. The maximum absolute atomic E-state index is 12.5. The third-order valence-electron chi connectivity index (χ3n) is 2.49. The molecular weight excluding hydrogens is 249 g/mol. The summed E-state index contributed by atoms with van der Waals surface area (Å²) >= 11 is 0. The van der Waals surface area contributed by atoms with Gasteiger partial charge in [0, 0.05) is 12.1 Å². The summed E-state index contributed by atoms with van der Waals surface area (Å²) in [5.74, 6) is -1.46. The van der Waals surface area contributed by atoms with Crippen LogP contribution in [0.3, 0.4) is 0 Å². The number of nitrogens with one attached hydrogen (secondary N) is 1. The van der Waals surface area contributed by atoms with Crippen molar-refractivity contribution in [3.8, 4) is 5.75 Å².